The Bertz CT molecular complexity index is 558. The number of hydrogen-bond donors (Lipinski definition) is 0. The van der Waals surface area contributed by atoms with Gasteiger partial charge in [0.05, 0.1) is 17.1 Å². The van der Waals surface area contributed by atoms with Crippen LogP contribution in [0.2, 0.25) is 0 Å². The second-order valence-corrected chi connectivity index (χ2v) is 6.63. The molecule has 0 unspecified atom stereocenters. The van der Waals surface area contributed by atoms with E-state index in [4.69, 9.17) is 24.9 Å². The normalized spacial score (nSPS) is 11.3. The van der Waals surface area contributed by atoms with Crippen molar-refractivity contribution in [3.8, 4) is 0 Å². The summed E-state index contributed by atoms with van der Waals surface area (Å²) in [5.41, 5.74) is 0.121. The number of rotatable bonds is 9. The first kappa shape index (κ1) is 17.9. The van der Waals surface area contributed by atoms with Gasteiger partial charge in [-0.15, -0.1) is 0 Å². The standard InChI is InChI=1S/C13H17ClO6S/c1-18-6-3-7-19-8-9-20-13(15)11-4-2-5-12(10-11)21(14,16)17/h2,4-5,10H,3,6-9H2,1H3. The molecule has 21 heavy (non-hydrogen) atoms. The molecule has 0 bridgehead atoms. The molecule has 8 heteroatoms. The molecule has 0 radical (unpaired) electrons. The minimum Gasteiger partial charge on any atom is -0.460 e. The Morgan fingerprint density at radius 3 is 2.62 bits per heavy atom. The fourth-order valence-corrected chi connectivity index (χ4v) is 2.26. The molecule has 0 fully saturated rings. The van der Waals surface area contributed by atoms with Crippen molar-refractivity contribution in [2.45, 2.75) is 11.3 Å². The summed E-state index contributed by atoms with van der Waals surface area (Å²) in [5.74, 6) is -0.627. The smallest absolute Gasteiger partial charge is 0.338 e. The first-order valence-electron chi connectivity index (χ1n) is 6.23. The molecule has 0 saturated heterocycles. The molecule has 0 atom stereocenters. The van der Waals surface area contributed by atoms with Crippen molar-refractivity contribution < 1.29 is 27.4 Å². The molecule has 1 aromatic rings. The monoisotopic (exact) mass is 336 g/mol. The predicted molar refractivity (Wildman–Crippen MR) is 77.1 cm³/mol. The van der Waals surface area contributed by atoms with Crippen molar-refractivity contribution in [1.82, 2.24) is 0 Å². The number of carbonyl (C=O) groups is 1. The minimum absolute atomic E-state index is 0.0870. The van der Waals surface area contributed by atoms with Gasteiger partial charge in [0.1, 0.15) is 6.61 Å². The largest absolute Gasteiger partial charge is 0.460 e. The van der Waals surface area contributed by atoms with Gasteiger partial charge in [-0.1, -0.05) is 6.07 Å². The molecule has 0 amide bonds. The average molecular weight is 337 g/mol. The second-order valence-electron chi connectivity index (χ2n) is 4.06. The Morgan fingerprint density at radius 2 is 1.95 bits per heavy atom. The van der Waals surface area contributed by atoms with Crippen LogP contribution in [0.3, 0.4) is 0 Å². The maximum atomic E-state index is 11.7. The van der Waals surface area contributed by atoms with Gasteiger partial charge in [0, 0.05) is 31.0 Å². The van der Waals surface area contributed by atoms with Crippen LogP contribution < -0.4 is 0 Å². The van der Waals surface area contributed by atoms with E-state index < -0.39 is 15.0 Å². The molecule has 1 rings (SSSR count). The lowest BCUT2D eigenvalue weighted by molar-refractivity contribution is 0.0288. The zero-order valence-corrected chi connectivity index (χ0v) is 13.2. The fourth-order valence-electron chi connectivity index (χ4n) is 1.46. The fraction of sp³-hybridized carbons (Fsp3) is 0.462. The van der Waals surface area contributed by atoms with Crippen LogP contribution in [0, 0.1) is 0 Å². The average Bonchev–Trinajstić information content (AvgIpc) is 2.45. The van der Waals surface area contributed by atoms with Crippen molar-refractivity contribution in [3.63, 3.8) is 0 Å². The molecule has 0 heterocycles. The van der Waals surface area contributed by atoms with E-state index in [2.05, 4.69) is 0 Å². The molecule has 0 aliphatic heterocycles. The third-order valence-corrected chi connectivity index (χ3v) is 3.80. The molecule has 0 spiro atoms. The molecule has 118 valence electrons. The number of hydrogen-bond acceptors (Lipinski definition) is 6. The van der Waals surface area contributed by atoms with Gasteiger partial charge < -0.3 is 14.2 Å². The first-order valence-corrected chi connectivity index (χ1v) is 8.54. The molecule has 0 aliphatic rings. The maximum Gasteiger partial charge on any atom is 0.338 e. The maximum absolute atomic E-state index is 11.7. The van der Waals surface area contributed by atoms with Crippen molar-refractivity contribution >= 4 is 25.7 Å². The van der Waals surface area contributed by atoms with Gasteiger partial charge in [0.15, 0.2) is 0 Å². The van der Waals surface area contributed by atoms with Gasteiger partial charge in [0.2, 0.25) is 0 Å². The summed E-state index contributed by atoms with van der Waals surface area (Å²) >= 11 is 0. The van der Waals surface area contributed by atoms with E-state index in [1.165, 1.54) is 24.3 Å². The molecular formula is C13H17ClO6S. The highest BCUT2D eigenvalue weighted by Crippen LogP contribution is 2.16. The number of ether oxygens (including phenoxy) is 3. The lowest BCUT2D eigenvalue weighted by atomic mass is 10.2. The van der Waals surface area contributed by atoms with E-state index in [1.807, 2.05) is 0 Å². The van der Waals surface area contributed by atoms with Gasteiger partial charge in [-0.2, -0.15) is 0 Å². The predicted octanol–water partition coefficient (Wildman–Crippen LogP) is 1.82. The van der Waals surface area contributed by atoms with E-state index in [1.54, 1.807) is 7.11 Å². The van der Waals surface area contributed by atoms with Crippen molar-refractivity contribution in [2.24, 2.45) is 0 Å². The number of methoxy groups -OCH3 is 1. The third-order valence-electron chi connectivity index (χ3n) is 2.45. The first-order chi connectivity index (χ1) is 9.95. The van der Waals surface area contributed by atoms with E-state index >= 15 is 0 Å². The summed E-state index contributed by atoms with van der Waals surface area (Å²) in [6, 6.07) is 5.35. The molecule has 6 nitrogen and oxygen atoms in total. The highest BCUT2D eigenvalue weighted by atomic mass is 35.7. The second kappa shape index (κ2) is 8.99. The Kier molecular flexibility index (Phi) is 7.66. The zero-order valence-electron chi connectivity index (χ0n) is 11.6. The van der Waals surface area contributed by atoms with E-state index in [9.17, 15) is 13.2 Å². The SMILES string of the molecule is COCCCOCCOC(=O)c1cccc(S(=O)(=O)Cl)c1. The van der Waals surface area contributed by atoms with Crippen LogP contribution in [-0.2, 0) is 23.3 Å². The van der Waals surface area contributed by atoms with Crippen molar-refractivity contribution in [2.75, 3.05) is 33.5 Å². The van der Waals surface area contributed by atoms with Crippen LogP contribution in [-0.4, -0.2) is 47.9 Å². The molecule has 1 aromatic carbocycles. The quantitative estimate of drug-likeness (QED) is 0.389. The van der Waals surface area contributed by atoms with Crippen molar-refractivity contribution in [1.29, 1.82) is 0 Å². The van der Waals surface area contributed by atoms with E-state index in [0.29, 0.717) is 13.2 Å². The molecule has 0 saturated carbocycles. The Balaban J connectivity index is 2.39. The summed E-state index contributed by atoms with van der Waals surface area (Å²) in [5, 5.41) is 0. The Hall–Kier alpha value is -1.15. The summed E-state index contributed by atoms with van der Waals surface area (Å²) < 4.78 is 37.4. The zero-order chi connectivity index (χ0) is 15.7. The number of benzene rings is 1. The lowest BCUT2D eigenvalue weighted by Gasteiger charge is -2.06. The minimum atomic E-state index is -3.87. The van der Waals surface area contributed by atoms with Crippen molar-refractivity contribution in [3.05, 3.63) is 29.8 Å². The van der Waals surface area contributed by atoms with E-state index in [-0.39, 0.29) is 23.7 Å². The molecular weight excluding hydrogens is 320 g/mol. The van der Waals surface area contributed by atoms with Gasteiger partial charge in [0.25, 0.3) is 9.05 Å². The highest BCUT2D eigenvalue weighted by Gasteiger charge is 2.14. The van der Waals surface area contributed by atoms with Gasteiger partial charge in [-0.25, -0.2) is 13.2 Å². The topological polar surface area (TPSA) is 78.9 Å². The summed E-state index contributed by atoms with van der Waals surface area (Å²) in [4.78, 5) is 11.6. The van der Waals surface area contributed by atoms with Crippen LogP contribution in [0.5, 0.6) is 0 Å². The van der Waals surface area contributed by atoms with Gasteiger partial charge >= 0.3 is 5.97 Å². The van der Waals surface area contributed by atoms with Gasteiger partial charge in [-0.05, 0) is 24.6 Å². The summed E-state index contributed by atoms with van der Waals surface area (Å²) in [6.07, 6.45) is 0.764. The highest BCUT2D eigenvalue weighted by molar-refractivity contribution is 8.13. The van der Waals surface area contributed by atoms with E-state index in [0.717, 1.165) is 6.42 Å². The van der Waals surface area contributed by atoms with Crippen LogP contribution in [0.25, 0.3) is 0 Å². The molecule has 0 N–H and O–H groups in total. The third kappa shape index (κ3) is 6.90. The van der Waals surface area contributed by atoms with Crippen LogP contribution >= 0.6 is 10.7 Å². The summed E-state index contributed by atoms with van der Waals surface area (Å²) in [7, 11) is 2.95. The number of carbonyl (C=O) groups excluding carboxylic acids is 1. The van der Waals surface area contributed by atoms with Crippen LogP contribution in [0.15, 0.2) is 29.2 Å². The molecule has 0 aliphatic carbocycles. The number of halogens is 1. The Labute approximate surface area is 128 Å². The summed E-state index contributed by atoms with van der Waals surface area (Å²) in [6.45, 7) is 1.48. The molecule has 0 aromatic heterocycles. The lowest BCUT2D eigenvalue weighted by Crippen LogP contribution is -2.12. The van der Waals surface area contributed by atoms with Crippen LogP contribution in [0.4, 0.5) is 0 Å². The number of esters is 1. The Morgan fingerprint density at radius 1 is 1.19 bits per heavy atom. The van der Waals surface area contributed by atoms with Gasteiger partial charge in [-0.3, -0.25) is 0 Å². The van der Waals surface area contributed by atoms with Crippen LogP contribution in [0.1, 0.15) is 16.8 Å².